The maximum absolute atomic E-state index is 11.8. The number of hydrogen-bond donors (Lipinski definition) is 0. The first-order valence-electron chi connectivity index (χ1n) is 21.0. The van der Waals surface area contributed by atoms with Gasteiger partial charge in [-0.25, -0.2) is 14.4 Å². The van der Waals surface area contributed by atoms with Gasteiger partial charge in [0.25, 0.3) is 0 Å². The monoisotopic (exact) mass is 750 g/mol. The fourth-order valence-electron chi connectivity index (χ4n) is 2.30. The van der Waals surface area contributed by atoms with Crippen molar-refractivity contribution in [1.82, 2.24) is 0 Å². The molecule has 0 saturated heterocycles. The molecular weight excluding hydrogens is 684 g/mol. The Hall–Kier alpha value is -4.77. The van der Waals surface area contributed by atoms with Crippen LogP contribution in [0.15, 0.2) is 0 Å². The minimum Gasteiger partial charge on any atom is -0.466 e. The van der Waals surface area contributed by atoms with E-state index < -0.39 is 117 Å². The average molecular weight is 751 g/mol. The Bertz CT molecular complexity index is 1590. The van der Waals surface area contributed by atoms with Crippen LogP contribution in [0.1, 0.15) is 117 Å². The molecule has 0 spiro atoms. The van der Waals surface area contributed by atoms with Crippen molar-refractivity contribution in [2.75, 3.05) is 39.5 Å². The highest BCUT2D eigenvalue weighted by atomic mass is 16.6. The molecule has 51 heavy (non-hydrogen) atoms. The Balaban J connectivity index is -0.000000861. The molecule has 0 heterocycles. The number of hydrogen-bond acceptors (Lipinski definition) is 18. The van der Waals surface area contributed by atoms with Gasteiger partial charge in [0.15, 0.2) is 18.3 Å². The highest BCUT2D eigenvalue weighted by Crippen LogP contribution is 2.03. The predicted octanol–water partition coefficient (Wildman–Crippen LogP) is 2.47. The third kappa shape index (κ3) is 34.9. The molecule has 0 unspecified atom stereocenters. The highest BCUT2D eigenvalue weighted by molar-refractivity contribution is 5.80. The zero-order chi connectivity index (χ0) is 50.5. The van der Waals surface area contributed by atoms with E-state index in [1.807, 2.05) is 0 Å². The molecular formula is C33H54O18. The van der Waals surface area contributed by atoms with Gasteiger partial charge in [-0.2, -0.15) is 0 Å². The van der Waals surface area contributed by atoms with Crippen LogP contribution < -0.4 is 0 Å². The molecule has 0 aliphatic rings. The molecule has 18 nitrogen and oxygen atoms in total. The molecule has 3 atom stereocenters. The van der Waals surface area contributed by atoms with E-state index in [9.17, 15) is 43.2 Å². The quantitative estimate of drug-likeness (QED) is 0.121. The maximum atomic E-state index is 11.8. The second-order valence-corrected chi connectivity index (χ2v) is 8.80. The second kappa shape index (κ2) is 32.4. The summed E-state index contributed by atoms with van der Waals surface area (Å²) in [5.41, 5.74) is 0. The lowest BCUT2D eigenvalue weighted by molar-refractivity contribution is -0.166. The van der Waals surface area contributed by atoms with Gasteiger partial charge in [0.2, 0.25) is 0 Å². The number of ether oxygens (including phenoxy) is 9. The zero-order valence-electron chi connectivity index (χ0n) is 41.8. The van der Waals surface area contributed by atoms with E-state index in [2.05, 4.69) is 37.9 Å². The predicted molar refractivity (Wildman–Crippen MR) is 174 cm³/mol. The lowest BCUT2D eigenvalue weighted by Crippen LogP contribution is -2.26. The zero-order valence-corrected chi connectivity index (χ0v) is 29.8. The van der Waals surface area contributed by atoms with Crippen LogP contribution in [0.2, 0.25) is 0 Å². The van der Waals surface area contributed by atoms with Gasteiger partial charge in [-0.05, 0) is 60.7 Å². The van der Waals surface area contributed by atoms with Crippen LogP contribution in [-0.2, 0) is 85.8 Å². The third-order valence-corrected chi connectivity index (χ3v) is 4.31. The van der Waals surface area contributed by atoms with E-state index in [1.54, 1.807) is 13.8 Å². The van der Waals surface area contributed by atoms with Crippen LogP contribution in [0.3, 0.4) is 0 Å². The largest absolute Gasteiger partial charge is 0.466 e. The van der Waals surface area contributed by atoms with Gasteiger partial charge in [-0.15, -0.1) is 0 Å². The van der Waals surface area contributed by atoms with E-state index in [4.69, 9.17) is 21.2 Å². The van der Waals surface area contributed by atoms with Crippen LogP contribution >= 0.6 is 0 Å². The van der Waals surface area contributed by atoms with E-state index in [0.717, 1.165) is 27.7 Å². The number of carbonyl (C=O) groups excluding carboxylic acids is 9. The summed E-state index contributed by atoms with van der Waals surface area (Å²) in [7, 11) is 0. The lowest BCUT2D eigenvalue weighted by atomic mass is 10.3. The molecule has 0 aromatic carbocycles. The van der Waals surface area contributed by atoms with E-state index in [-0.39, 0.29) is 32.7 Å². The van der Waals surface area contributed by atoms with Gasteiger partial charge >= 0.3 is 53.7 Å². The van der Waals surface area contributed by atoms with Gasteiger partial charge in [0.1, 0.15) is 0 Å². The SMILES string of the molecule is [2H]C([2H])(CC(=O)O[C@@H](C)C(=O)OCC)C([2H])([2H])OC(C)=O.[2H]C([2H])(CCC(=O)O[C@@H](C)C(=O)OCC)OC(C)=O.[2H]C([2H])(OC(C)=O)C([2H])([2H])C([2H])([2H])C(=O)O[C@@H](C)C(=O)OCC. The summed E-state index contributed by atoms with van der Waals surface area (Å²) in [6.45, 7) is 2.72. The van der Waals surface area contributed by atoms with Gasteiger partial charge in [0, 0.05) is 48.2 Å². The van der Waals surface area contributed by atoms with Crippen LogP contribution in [0, 0.1) is 0 Å². The summed E-state index contributed by atoms with van der Waals surface area (Å²) in [6, 6.07) is 0. The van der Waals surface area contributed by atoms with Crippen molar-refractivity contribution >= 4 is 53.7 Å². The molecule has 0 amide bonds. The molecule has 18 heteroatoms. The Labute approximate surface area is 315 Å². The van der Waals surface area contributed by atoms with Gasteiger partial charge in [0.05, 0.1) is 47.7 Å². The molecule has 0 aromatic rings. The van der Waals surface area contributed by atoms with Crippen molar-refractivity contribution in [2.45, 2.75) is 119 Å². The van der Waals surface area contributed by atoms with Crippen LogP contribution in [-0.4, -0.2) is 112 Å². The summed E-state index contributed by atoms with van der Waals surface area (Å²) >= 11 is 0. The minimum atomic E-state index is -3.59. The average Bonchev–Trinajstić information content (AvgIpc) is 3.09. The number of rotatable bonds is 21. The Morgan fingerprint density at radius 1 is 0.471 bits per heavy atom. The van der Waals surface area contributed by atoms with E-state index in [0.29, 0.717) is 0 Å². The third-order valence-electron chi connectivity index (χ3n) is 4.31. The van der Waals surface area contributed by atoms with Crippen molar-refractivity contribution in [3.05, 3.63) is 0 Å². The first-order valence-corrected chi connectivity index (χ1v) is 15.0. The molecule has 0 N–H and O–H groups in total. The summed E-state index contributed by atoms with van der Waals surface area (Å²) in [6.07, 6.45) is -15.5. The normalized spacial score (nSPS) is 16.6. The van der Waals surface area contributed by atoms with Gasteiger partial charge in [-0.3, -0.25) is 28.8 Å². The summed E-state index contributed by atoms with van der Waals surface area (Å²) in [4.78, 5) is 101. The molecule has 0 rings (SSSR count). The maximum Gasteiger partial charge on any atom is 0.347 e. The van der Waals surface area contributed by atoms with Crippen molar-refractivity contribution in [1.29, 1.82) is 0 Å². The topological polar surface area (TPSA) is 237 Å². The van der Waals surface area contributed by atoms with Crippen molar-refractivity contribution in [3.8, 4) is 0 Å². The van der Waals surface area contributed by atoms with Crippen molar-refractivity contribution in [3.63, 3.8) is 0 Å². The number of carbonyl (C=O) groups is 9. The molecule has 0 bridgehead atoms. The fraction of sp³-hybridized carbons (Fsp3) is 0.727. The Morgan fingerprint density at radius 3 is 1.18 bits per heavy atom. The van der Waals surface area contributed by atoms with E-state index >= 15 is 0 Å². The Kier molecular flexibility index (Phi) is 19.7. The fourth-order valence-corrected chi connectivity index (χ4v) is 2.30. The highest BCUT2D eigenvalue weighted by Gasteiger charge is 2.20. The molecule has 0 aliphatic carbocycles. The summed E-state index contributed by atoms with van der Waals surface area (Å²) in [5, 5.41) is 0. The summed E-state index contributed by atoms with van der Waals surface area (Å²) in [5.74, 6) is -9.21. The first kappa shape index (κ1) is 31.0. The smallest absolute Gasteiger partial charge is 0.347 e. The molecule has 0 aromatic heterocycles. The molecule has 294 valence electrons. The Morgan fingerprint density at radius 2 is 0.804 bits per heavy atom. The lowest BCUT2D eigenvalue weighted by Gasteiger charge is -2.11. The molecule has 0 aliphatic heterocycles. The van der Waals surface area contributed by atoms with Crippen LogP contribution in [0.4, 0.5) is 0 Å². The minimum absolute atomic E-state index is 0.0105. The first-order chi connectivity index (χ1) is 28.3. The number of esters is 9. The van der Waals surface area contributed by atoms with Gasteiger partial charge < -0.3 is 42.6 Å². The molecule has 0 saturated carbocycles. The second-order valence-electron chi connectivity index (χ2n) is 8.80. The summed E-state index contributed by atoms with van der Waals surface area (Å²) < 4.78 is 129. The van der Waals surface area contributed by atoms with Gasteiger partial charge in [-0.1, -0.05) is 0 Å². The standard InChI is InChI=1S/3C11H18O6/c3*1-4-15-11(14)8(2)17-10(13)6-5-7-16-9(3)12/h3*8H,4-7H2,1-3H3/t3*8-/m000/s1/i5D2,6D2,7D2;5D2,7D2;7D2. The van der Waals surface area contributed by atoms with Crippen LogP contribution in [0.5, 0.6) is 0 Å². The molecule has 0 fully saturated rings. The van der Waals surface area contributed by atoms with Crippen LogP contribution in [0.25, 0.3) is 0 Å². The van der Waals surface area contributed by atoms with E-state index in [1.165, 1.54) is 20.8 Å². The molecule has 0 radical (unpaired) electrons. The van der Waals surface area contributed by atoms with Crippen molar-refractivity contribution in [2.24, 2.45) is 0 Å². The van der Waals surface area contributed by atoms with Crippen molar-refractivity contribution < 1.29 is 102 Å².